The number of benzene rings is 1. The number of anilines is 2. The summed E-state index contributed by atoms with van der Waals surface area (Å²) in [4.78, 5) is 7.58. The number of aryl methyl sites for hydroxylation is 1. The average molecular weight is 335 g/mol. The fourth-order valence-electron chi connectivity index (χ4n) is 1.33. The largest absolute Gasteiger partial charge is 0.334 e. The molecular weight excluding hydrogens is 327 g/mol. The van der Waals surface area contributed by atoms with E-state index in [4.69, 9.17) is 11.6 Å². The van der Waals surface area contributed by atoms with Crippen molar-refractivity contribution in [3.63, 3.8) is 0 Å². The Morgan fingerprint density at radius 1 is 1.28 bits per heavy atom. The summed E-state index contributed by atoms with van der Waals surface area (Å²) in [5.74, 6) is -1.19. The van der Waals surface area contributed by atoms with Gasteiger partial charge in [0.2, 0.25) is 0 Å². The monoisotopic (exact) mass is 333 g/mol. The van der Waals surface area contributed by atoms with E-state index in [0.717, 1.165) is 0 Å². The van der Waals surface area contributed by atoms with Crippen LogP contribution >= 0.6 is 27.5 Å². The molecule has 0 unspecified atom stereocenters. The first-order valence-electron chi connectivity index (χ1n) is 4.88. The third kappa shape index (κ3) is 2.44. The molecule has 1 aromatic carbocycles. The molecule has 1 heterocycles. The maximum Gasteiger partial charge on any atom is 0.152 e. The van der Waals surface area contributed by atoms with E-state index < -0.39 is 11.6 Å². The van der Waals surface area contributed by atoms with Crippen LogP contribution in [0.4, 0.5) is 20.3 Å². The topological polar surface area (TPSA) is 37.8 Å². The van der Waals surface area contributed by atoms with Crippen molar-refractivity contribution < 1.29 is 8.78 Å². The van der Waals surface area contributed by atoms with Gasteiger partial charge in [-0.3, -0.25) is 0 Å². The van der Waals surface area contributed by atoms with Gasteiger partial charge in [0.05, 0.1) is 4.47 Å². The van der Waals surface area contributed by atoms with Gasteiger partial charge in [0.15, 0.2) is 5.82 Å². The van der Waals surface area contributed by atoms with Gasteiger partial charge in [-0.2, -0.15) is 0 Å². The van der Waals surface area contributed by atoms with Gasteiger partial charge in [-0.25, -0.2) is 18.7 Å². The van der Waals surface area contributed by atoms with E-state index in [-0.39, 0.29) is 16.7 Å². The fourth-order valence-corrected chi connectivity index (χ4v) is 1.76. The Kier molecular flexibility index (Phi) is 3.77. The predicted molar refractivity (Wildman–Crippen MR) is 69.1 cm³/mol. The maximum absolute atomic E-state index is 13.8. The minimum Gasteiger partial charge on any atom is -0.334 e. The Bertz CT molecular complexity index is 607. The van der Waals surface area contributed by atoms with Crippen molar-refractivity contribution in [2.45, 2.75) is 6.92 Å². The van der Waals surface area contributed by atoms with Crippen LogP contribution in [0, 0.1) is 18.6 Å². The summed E-state index contributed by atoms with van der Waals surface area (Å²) in [6.45, 7) is 1.54. The van der Waals surface area contributed by atoms with Gasteiger partial charge in [0.1, 0.15) is 28.8 Å². The van der Waals surface area contributed by atoms with Crippen LogP contribution < -0.4 is 5.32 Å². The molecule has 94 valence electrons. The van der Waals surface area contributed by atoms with Crippen LogP contribution in [0.25, 0.3) is 0 Å². The molecule has 1 aromatic heterocycles. The van der Waals surface area contributed by atoms with E-state index >= 15 is 0 Å². The SMILES string of the molecule is Cc1ccc(F)c(Nc2ncnc(Cl)c2Br)c1F. The van der Waals surface area contributed by atoms with Crippen molar-refractivity contribution in [3.8, 4) is 0 Å². The highest BCUT2D eigenvalue weighted by Crippen LogP contribution is 2.31. The molecule has 0 fully saturated rings. The van der Waals surface area contributed by atoms with Crippen LogP contribution in [0.2, 0.25) is 5.15 Å². The van der Waals surface area contributed by atoms with Crippen molar-refractivity contribution in [3.05, 3.63) is 45.3 Å². The molecule has 0 radical (unpaired) electrons. The summed E-state index contributed by atoms with van der Waals surface area (Å²) in [6, 6.07) is 2.54. The second kappa shape index (κ2) is 5.16. The predicted octanol–water partition coefficient (Wildman–Crippen LogP) is 4.22. The van der Waals surface area contributed by atoms with Gasteiger partial charge in [-0.15, -0.1) is 0 Å². The number of hydrogen-bond donors (Lipinski definition) is 1. The number of halogens is 4. The number of aromatic nitrogens is 2. The summed E-state index contributed by atoms with van der Waals surface area (Å²) in [5.41, 5.74) is 0.0562. The first-order chi connectivity index (χ1) is 8.50. The van der Waals surface area contributed by atoms with Crippen molar-refractivity contribution in [2.75, 3.05) is 5.32 Å². The van der Waals surface area contributed by atoms with Crippen molar-refractivity contribution in [2.24, 2.45) is 0 Å². The van der Waals surface area contributed by atoms with Gasteiger partial charge in [-0.1, -0.05) is 17.7 Å². The molecule has 0 saturated carbocycles. The van der Waals surface area contributed by atoms with Gasteiger partial charge in [0.25, 0.3) is 0 Å². The molecular formula is C11H7BrClF2N3. The van der Waals surface area contributed by atoms with E-state index in [0.29, 0.717) is 10.0 Å². The van der Waals surface area contributed by atoms with Gasteiger partial charge < -0.3 is 5.32 Å². The molecule has 1 N–H and O–H groups in total. The fraction of sp³-hybridized carbons (Fsp3) is 0.0909. The Hall–Kier alpha value is -1.27. The number of nitrogens with one attached hydrogen (secondary N) is 1. The molecule has 18 heavy (non-hydrogen) atoms. The molecule has 0 spiro atoms. The minimum atomic E-state index is -0.709. The normalized spacial score (nSPS) is 10.5. The molecule has 0 saturated heterocycles. The van der Waals surface area contributed by atoms with Crippen LogP contribution in [0.1, 0.15) is 5.56 Å². The molecule has 2 aromatic rings. The van der Waals surface area contributed by atoms with E-state index in [1.54, 1.807) is 6.92 Å². The molecule has 0 bridgehead atoms. The summed E-state index contributed by atoms with van der Waals surface area (Å²) < 4.78 is 27.7. The van der Waals surface area contributed by atoms with Crippen molar-refractivity contribution in [1.82, 2.24) is 9.97 Å². The van der Waals surface area contributed by atoms with E-state index in [1.165, 1.54) is 18.5 Å². The maximum atomic E-state index is 13.8. The lowest BCUT2D eigenvalue weighted by Gasteiger charge is -2.11. The highest BCUT2D eigenvalue weighted by Gasteiger charge is 2.14. The minimum absolute atomic E-state index is 0.154. The van der Waals surface area contributed by atoms with E-state index in [1.807, 2.05) is 0 Å². The molecule has 2 rings (SSSR count). The zero-order valence-electron chi connectivity index (χ0n) is 9.14. The summed E-state index contributed by atoms with van der Waals surface area (Å²) in [6.07, 6.45) is 1.20. The number of hydrogen-bond acceptors (Lipinski definition) is 3. The first kappa shape index (κ1) is 13.2. The number of rotatable bonds is 2. The van der Waals surface area contributed by atoms with Gasteiger partial charge in [-0.05, 0) is 34.5 Å². The summed E-state index contributed by atoms with van der Waals surface area (Å²) >= 11 is 8.91. The lowest BCUT2D eigenvalue weighted by atomic mass is 10.2. The Balaban J connectivity index is 2.46. The molecule has 0 atom stereocenters. The first-order valence-corrected chi connectivity index (χ1v) is 6.05. The molecule has 7 heteroatoms. The Morgan fingerprint density at radius 2 is 2.00 bits per heavy atom. The van der Waals surface area contributed by atoms with Crippen LogP contribution in [0.15, 0.2) is 22.9 Å². The second-order valence-corrected chi connectivity index (χ2v) is 4.66. The van der Waals surface area contributed by atoms with Crippen LogP contribution in [0.5, 0.6) is 0 Å². The van der Waals surface area contributed by atoms with E-state index in [2.05, 4.69) is 31.2 Å². The van der Waals surface area contributed by atoms with Gasteiger partial charge >= 0.3 is 0 Å². The van der Waals surface area contributed by atoms with Gasteiger partial charge in [0, 0.05) is 0 Å². The second-order valence-electron chi connectivity index (χ2n) is 3.51. The molecule has 3 nitrogen and oxygen atoms in total. The smallest absolute Gasteiger partial charge is 0.152 e. The summed E-state index contributed by atoms with van der Waals surface area (Å²) in [5, 5.41) is 2.71. The Morgan fingerprint density at radius 3 is 2.72 bits per heavy atom. The average Bonchev–Trinajstić information content (AvgIpc) is 2.35. The third-order valence-electron chi connectivity index (χ3n) is 2.27. The van der Waals surface area contributed by atoms with Crippen LogP contribution in [-0.2, 0) is 0 Å². The zero-order valence-corrected chi connectivity index (χ0v) is 11.5. The highest BCUT2D eigenvalue weighted by molar-refractivity contribution is 9.10. The quantitative estimate of drug-likeness (QED) is 0.836. The highest BCUT2D eigenvalue weighted by atomic mass is 79.9. The van der Waals surface area contributed by atoms with Crippen LogP contribution in [-0.4, -0.2) is 9.97 Å². The lowest BCUT2D eigenvalue weighted by Crippen LogP contribution is -2.02. The molecule has 0 amide bonds. The lowest BCUT2D eigenvalue weighted by molar-refractivity contribution is 0.584. The van der Waals surface area contributed by atoms with Crippen molar-refractivity contribution in [1.29, 1.82) is 0 Å². The van der Waals surface area contributed by atoms with E-state index in [9.17, 15) is 8.78 Å². The molecule has 0 aliphatic heterocycles. The van der Waals surface area contributed by atoms with Crippen molar-refractivity contribution >= 4 is 39.0 Å². The summed E-state index contributed by atoms with van der Waals surface area (Å²) in [7, 11) is 0. The third-order valence-corrected chi connectivity index (χ3v) is 3.54. The Labute approximate surface area is 115 Å². The molecule has 0 aliphatic rings. The molecule has 0 aliphatic carbocycles. The zero-order chi connectivity index (χ0) is 13.3. The van der Waals surface area contributed by atoms with Crippen LogP contribution in [0.3, 0.4) is 0 Å². The standard InChI is InChI=1S/C11H7BrClF2N3/c1-5-2-3-6(14)9(8(5)15)18-11-7(12)10(13)16-4-17-11/h2-4H,1H3,(H,16,17,18). The number of nitrogens with zero attached hydrogens (tertiary/aromatic N) is 2.